The number of nitrogens with zero attached hydrogens (tertiary/aromatic N) is 2. The van der Waals surface area contributed by atoms with E-state index in [4.69, 9.17) is 27.8 Å². The van der Waals surface area contributed by atoms with Gasteiger partial charge in [0.2, 0.25) is 0 Å². The van der Waals surface area contributed by atoms with Gasteiger partial charge < -0.3 is 4.90 Å². The third kappa shape index (κ3) is 2.60. The van der Waals surface area contributed by atoms with Crippen molar-refractivity contribution in [3.05, 3.63) is 0 Å². The molecule has 2 aliphatic rings. The molecule has 1 N–H and O–H groups in total. The van der Waals surface area contributed by atoms with Crippen molar-refractivity contribution in [3.63, 3.8) is 0 Å². The van der Waals surface area contributed by atoms with Crippen LogP contribution in [0, 0.1) is 0 Å². The average Bonchev–Trinajstić information content (AvgIpc) is 2.42. The zero-order valence-electron chi connectivity index (χ0n) is 8.49. The molecule has 98 valence electrons. The summed E-state index contributed by atoms with van der Waals surface area (Å²) in [5.74, 6) is 0. The molecule has 10 heteroatoms. The number of fused-ring (bicyclic) bond motifs is 2. The third-order valence-corrected chi connectivity index (χ3v) is 3.77. The van der Waals surface area contributed by atoms with Crippen LogP contribution in [0.5, 0.6) is 0 Å². The van der Waals surface area contributed by atoms with E-state index in [9.17, 15) is 13.2 Å². The number of carbonyl (C=O) groups is 1. The van der Waals surface area contributed by atoms with Gasteiger partial charge in [-0.05, 0) is 12.8 Å². The summed E-state index contributed by atoms with van der Waals surface area (Å²) in [5, 5.41) is 0.658. The number of rotatable bonds is 3. The van der Waals surface area contributed by atoms with Crippen LogP contribution in [-0.4, -0.2) is 52.4 Å². The Labute approximate surface area is 108 Å². The van der Waals surface area contributed by atoms with Crippen LogP contribution in [0.2, 0.25) is 0 Å². The number of carbonyl (C=O) groups excluding carboxylic acids is 1. The van der Waals surface area contributed by atoms with Gasteiger partial charge in [0.25, 0.3) is 0 Å². The van der Waals surface area contributed by atoms with Crippen LogP contribution in [-0.2, 0) is 14.7 Å². The highest BCUT2D eigenvalue weighted by Crippen LogP contribution is 2.34. The van der Waals surface area contributed by atoms with Crippen molar-refractivity contribution >= 4 is 39.6 Å². The van der Waals surface area contributed by atoms with Crippen LogP contribution >= 0.6 is 23.2 Å². The highest BCUT2D eigenvalue weighted by atomic mass is 35.5. The second kappa shape index (κ2) is 4.43. The molecule has 0 aliphatic carbocycles. The second-order valence-corrected chi connectivity index (χ2v) is 6.06. The van der Waals surface area contributed by atoms with E-state index in [1.807, 2.05) is 0 Å². The van der Waals surface area contributed by atoms with E-state index in [2.05, 4.69) is 4.28 Å². The Morgan fingerprint density at radius 3 is 2.59 bits per heavy atom. The smallest absolute Gasteiger partial charge is 0.315 e. The number of urea groups is 1. The molecule has 2 aliphatic heterocycles. The number of halogens is 2. The molecule has 2 atom stereocenters. The van der Waals surface area contributed by atoms with Crippen molar-refractivity contribution in [2.75, 3.05) is 6.54 Å². The van der Waals surface area contributed by atoms with Crippen LogP contribution in [0.4, 0.5) is 4.79 Å². The van der Waals surface area contributed by atoms with Gasteiger partial charge in [0.1, 0.15) is 4.84 Å². The normalized spacial score (nSPS) is 29.3. The maximum atomic E-state index is 11.8. The van der Waals surface area contributed by atoms with Crippen molar-refractivity contribution in [1.82, 2.24) is 9.96 Å². The summed E-state index contributed by atoms with van der Waals surface area (Å²) in [7, 11) is -4.70. The molecule has 2 amide bonds. The first-order valence-electron chi connectivity index (χ1n) is 4.84. The number of piperidine rings is 1. The molecular formula is C7H10Cl2N2O5S. The number of amides is 2. The zero-order chi connectivity index (χ0) is 12.8. The lowest BCUT2D eigenvalue weighted by Gasteiger charge is -2.30. The van der Waals surface area contributed by atoms with E-state index in [1.54, 1.807) is 0 Å². The van der Waals surface area contributed by atoms with Gasteiger partial charge in [0.05, 0.1) is 12.1 Å². The van der Waals surface area contributed by atoms with Gasteiger partial charge in [0, 0.05) is 6.54 Å². The van der Waals surface area contributed by atoms with Gasteiger partial charge in [0.15, 0.2) is 0 Å². The van der Waals surface area contributed by atoms with E-state index in [0.29, 0.717) is 17.9 Å². The van der Waals surface area contributed by atoms with Gasteiger partial charge in [-0.25, -0.2) is 4.79 Å². The molecule has 0 aromatic carbocycles. The minimum absolute atomic E-state index is 0.287. The summed E-state index contributed by atoms with van der Waals surface area (Å²) in [6.07, 6.45) is 1.07. The molecule has 0 spiro atoms. The molecule has 7 nitrogen and oxygen atoms in total. The molecule has 2 saturated heterocycles. The van der Waals surface area contributed by atoms with Gasteiger partial charge in [-0.15, -0.1) is 27.5 Å². The van der Waals surface area contributed by atoms with Crippen molar-refractivity contribution < 1.29 is 22.0 Å². The molecule has 2 rings (SSSR count). The molecule has 2 fully saturated rings. The van der Waals surface area contributed by atoms with Crippen molar-refractivity contribution in [2.24, 2.45) is 0 Å². The summed E-state index contributed by atoms with van der Waals surface area (Å²) in [4.78, 5) is 12.4. The van der Waals surface area contributed by atoms with Crippen LogP contribution in [0.15, 0.2) is 0 Å². The summed E-state index contributed by atoms with van der Waals surface area (Å²) in [6.45, 7) is 0.287. The Kier molecular flexibility index (Phi) is 3.43. The van der Waals surface area contributed by atoms with Gasteiger partial charge >= 0.3 is 16.4 Å². The zero-order valence-corrected chi connectivity index (χ0v) is 10.8. The fourth-order valence-corrected chi connectivity index (χ4v) is 3.04. The van der Waals surface area contributed by atoms with Crippen LogP contribution in [0.3, 0.4) is 0 Å². The fraction of sp³-hybridized carbons (Fsp3) is 0.857. The summed E-state index contributed by atoms with van der Waals surface area (Å²) < 4.78 is 34.0. The third-order valence-electron chi connectivity index (χ3n) is 2.83. The molecule has 17 heavy (non-hydrogen) atoms. The predicted octanol–water partition coefficient (Wildman–Crippen LogP) is 0.793. The topological polar surface area (TPSA) is 87.2 Å². The lowest BCUT2D eigenvalue weighted by molar-refractivity contribution is -0.0317. The quantitative estimate of drug-likeness (QED) is 0.615. The highest BCUT2D eigenvalue weighted by molar-refractivity contribution is 7.80. The first-order chi connectivity index (χ1) is 7.79. The van der Waals surface area contributed by atoms with Crippen LogP contribution in [0.25, 0.3) is 0 Å². The lowest BCUT2D eigenvalue weighted by atomic mass is 10.0. The largest absolute Gasteiger partial charge is 0.418 e. The van der Waals surface area contributed by atoms with E-state index in [1.165, 1.54) is 4.90 Å². The number of hydrogen-bond donors (Lipinski definition) is 1. The molecule has 0 saturated carbocycles. The molecule has 0 unspecified atom stereocenters. The average molecular weight is 305 g/mol. The first kappa shape index (κ1) is 13.2. The molecule has 0 aromatic rings. The van der Waals surface area contributed by atoms with Gasteiger partial charge in [-0.2, -0.15) is 13.5 Å². The second-order valence-electron chi connectivity index (χ2n) is 3.90. The predicted molar refractivity (Wildman–Crippen MR) is 58.9 cm³/mol. The molecule has 2 bridgehead atoms. The molecule has 2 heterocycles. The van der Waals surface area contributed by atoms with Crippen molar-refractivity contribution in [1.29, 1.82) is 0 Å². The lowest BCUT2D eigenvalue weighted by Crippen LogP contribution is -2.43. The minimum atomic E-state index is -4.70. The van der Waals surface area contributed by atoms with Crippen LogP contribution in [0.1, 0.15) is 12.8 Å². The summed E-state index contributed by atoms with van der Waals surface area (Å²) in [6, 6.07) is -1.42. The Morgan fingerprint density at radius 1 is 1.41 bits per heavy atom. The first-order valence-corrected chi connectivity index (χ1v) is 7.08. The van der Waals surface area contributed by atoms with Gasteiger partial charge in [-0.3, -0.25) is 4.55 Å². The Morgan fingerprint density at radius 2 is 2.06 bits per heavy atom. The molecule has 0 aromatic heterocycles. The Balaban J connectivity index is 2.17. The van der Waals surface area contributed by atoms with E-state index < -0.39 is 27.3 Å². The minimum Gasteiger partial charge on any atom is -0.315 e. The molecular weight excluding hydrogens is 295 g/mol. The summed E-state index contributed by atoms with van der Waals surface area (Å²) in [5.41, 5.74) is 0. The van der Waals surface area contributed by atoms with Gasteiger partial charge in [-0.1, -0.05) is 0 Å². The van der Waals surface area contributed by atoms with Crippen molar-refractivity contribution in [2.45, 2.75) is 29.8 Å². The van der Waals surface area contributed by atoms with E-state index in [0.717, 1.165) is 0 Å². The maximum Gasteiger partial charge on any atom is 0.418 e. The summed E-state index contributed by atoms with van der Waals surface area (Å²) >= 11 is 11.5. The Hall–Kier alpha value is -0.280. The Bertz CT molecular complexity index is 428. The monoisotopic (exact) mass is 304 g/mol. The van der Waals surface area contributed by atoms with Crippen LogP contribution < -0.4 is 0 Å². The maximum absolute atomic E-state index is 11.8. The highest BCUT2D eigenvalue weighted by Gasteiger charge is 2.48. The van der Waals surface area contributed by atoms with E-state index in [-0.39, 0.29) is 12.6 Å². The standard InChI is InChI=1S/C7H10Cl2N2O5S/c8-6(9)5-2-1-4-3-10(5)7(12)11(4)16-17(13,14)15/h4-6H,1-3H2,(H,13,14,15)/t4-,5-/m0/s1. The molecule has 0 radical (unpaired) electrons. The van der Waals surface area contributed by atoms with Crippen molar-refractivity contribution in [3.8, 4) is 0 Å². The number of hydrogen-bond acceptors (Lipinski definition) is 4. The van der Waals surface area contributed by atoms with E-state index >= 15 is 0 Å². The number of alkyl halides is 2. The SMILES string of the molecule is O=C1N2C[C@H](CC[C@H]2C(Cl)Cl)N1OS(=O)(=O)O. The fourth-order valence-electron chi connectivity index (χ4n) is 2.12. The number of hydroxylamine groups is 2.